The molecule has 0 N–H and O–H groups in total. The molecule has 2 nitrogen and oxygen atoms in total. The summed E-state index contributed by atoms with van der Waals surface area (Å²) in [5, 5.41) is 7.20. The molecule has 0 atom stereocenters. The molecule has 0 aliphatic heterocycles. The van der Waals surface area contributed by atoms with Crippen LogP contribution >= 0.6 is 23.2 Å². The third kappa shape index (κ3) is 1.33. The van der Waals surface area contributed by atoms with Crippen molar-refractivity contribution in [2.24, 2.45) is 0 Å². The van der Waals surface area contributed by atoms with Gasteiger partial charge in [0.1, 0.15) is 11.1 Å². The van der Waals surface area contributed by atoms with Crippen LogP contribution in [0.1, 0.15) is 5.69 Å². The lowest BCUT2D eigenvalue weighted by molar-refractivity contribution is 0.501. The zero-order valence-corrected chi connectivity index (χ0v) is 6.92. The van der Waals surface area contributed by atoms with Crippen molar-refractivity contribution >= 4 is 23.2 Å². The van der Waals surface area contributed by atoms with E-state index in [1.165, 1.54) is 6.07 Å². The van der Waals surface area contributed by atoms with E-state index in [2.05, 4.69) is 4.98 Å². The highest BCUT2D eigenvalue weighted by atomic mass is 35.5. The molecule has 0 spiro atoms. The lowest BCUT2D eigenvalue weighted by Gasteiger charge is -1.98. The van der Waals surface area contributed by atoms with Crippen molar-refractivity contribution in [3.8, 4) is 6.07 Å². The van der Waals surface area contributed by atoms with E-state index in [1.54, 1.807) is 0 Å². The van der Waals surface area contributed by atoms with E-state index >= 15 is 0 Å². The SMILES string of the molecule is N#Cc1nc(Cl)c(Cl)c(F)c1F. The summed E-state index contributed by atoms with van der Waals surface area (Å²) in [6.07, 6.45) is 0. The second-order valence-electron chi connectivity index (χ2n) is 1.80. The van der Waals surface area contributed by atoms with Gasteiger partial charge in [0.25, 0.3) is 0 Å². The zero-order valence-electron chi connectivity index (χ0n) is 5.41. The van der Waals surface area contributed by atoms with Crippen molar-refractivity contribution in [1.82, 2.24) is 4.98 Å². The number of rotatable bonds is 0. The third-order valence-corrected chi connectivity index (χ3v) is 1.81. The fourth-order valence-corrected chi connectivity index (χ4v) is 0.854. The fraction of sp³-hybridized carbons (Fsp3) is 0. The van der Waals surface area contributed by atoms with Crippen LogP contribution in [0.5, 0.6) is 0 Å². The molecule has 0 fully saturated rings. The predicted molar refractivity (Wildman–Crippen MR) is 38.9 cm³/mol. The molecule has 0 aromatic carbocycles. The molecule has 1 heterocycles. The Morgan fingerprint density at radius 1 is 1.25 bits per heavy atom. The lowest BCUT2D eigenvalue weighted by Crippen LogP contribution is -1.96. The van der Waals surface area contributed by atoms with Gasteiger partial charge in [0.2, 0.25) is 0 Å². The van der Waals surface area contributed by atoms with Crippen molar-refractivity contribution in [2.45, 2.75) is 0 Å². The first-order valence-electron chi connectivity index (χ1n) is 2.68. The van der Waals surface area contributed by atoms with Crippen LogP contribution in [-0.4, -0.2) is 4.98 Å². The highest BCUT2D eigenvalue weighted by Crippen LogP contribution is 2.25. The molecule has 0 aliphatic rings. The molecular weight excluding hydrogens is 209 g/mol. The number of hydrogen-bond acceptors (Lipinski definition) is 2. The topological polar surface area (TPSA) is 36.7 Å². The number of pyridine rings is 1. The van der Waals surface area contributed by atoms with E-state index in [4.69, 9.17) is 28.5 Å². The Morgan fingerprint density at radius 3 is 2.33 bits per heavy atom. The smallest absolute Gasteiger partial charge is 0.196 e. The van der Waals surface area contributed by atoms with E-state index in [0.29, 0.717) is 0 Å². The zero-order chi connectivity index (χ0) is 9.30. The van der Waals surface area contributed by atoms with Crippen LogP contribution in [0.15, 0.2) is 0 Å². The Hall–Kier alpha value is -0.920. The molecule has 0 bridgehead atoms. The van der Waals surface area contributed by atoms with Gasteiger partial charge in [0.15, 0.2) is 22.5 Å². The maximum absolute atomic E-state index is 12.7. The third-order valence-electron chi connectivity index (χ3n) is 1.09. The van der Waals surface area contributed by atoms with Gasteiger partial charge in [-0.05, 0) is 0 Å². The van der Waals surface area contributed by atoms with Crippen molar-refractivity contribution in [3.05, 3.63) is 27.5 Å². The summed E-state index contributed by atoms with van der Waals surface area (Å²) in [5.74, 6) is -2.74. The maximum atomic E-state index is 12.7. The molecule has 6 heteroatoms. The molecule has 1 aromatic rings. The molecule has 62 valence electrons. The van der Waals surface area contributed by atoms with Gasteiger partial charge in [-0.25, -0.2) is 13.8 Å². The van der Waals surface area contributed by atoms with Gasteiger partial charge in [-0.1, -0.05) is 23.2 Å². The first-order chi connectivity index (χ1) is 5.57. The second-order valence-corrected chi connectivity index (χ2v) is 2.54. The number of nitrogens with zero attached hydrogens (tertiary/aromatic N) is 2. The quantitative estimate of drug-likeness (QED) is 0.615. The average molecular weight is 209 g/mol. The number of halogens is 4. The molecule has 0 radical (unpaired) electrons. The van der Waals surface area contributed by atoms with Crippen LogP contribution in [0.2, 0.25) is 10.2 Å². The van der Waals surface area contributed by atoms with Crippen molar-refractivity contribution < 1.29 is 8.78 Å². The van der Waals surface area contributed by atoms with Crippen LogP contribution in [0.3, 0.4) is 0 Å². The molecule has 1 aromatic heterocycles. The summed E-state index contributed by atoms with van der Waals surface area (Å²) in [7, 11) is 0. The highest BCUT2D eigenvalue weighted by Gasteiger charge is 2.17. The average Bonchev–Trinajstić information content (AvgIpc) is 2.08. The molecule has 0 saturated carbocycles. The normalized spacial score (nSPS) is 9.58. The van der Waals surface area contributed by atoms with Gasteiger partial charge in [0, 0.05) is 0 Å². The summed E-state index contributed by atoms with van der Waals surface area (Å²) in [6, 6.07) is 1.33. The van der Waals surface area contributed by atoms with Crippen LogP contribution < -0.4 is 0 Å². The van der Waals surface area contributed by atoms with Crippen molar-refractivity contribution in [1.29, 1.82) is 5.26 Å². The predicted octanol–water partition coefficient (Wildman–Crippen LogP) is 2.54. The van der Waals surface area contributed by atoms with Crippen LogP contribution in [0, 0.1) is 23.0 Å². The number of nitriles is 1. The van der Waals surface area contributed by atoms with Gasteiger partial charge in [-0.2, -0.15) is 5.26 Å². The standard InChI is InChI=1S/C6Cl2F2N2/c7-3-5(10)4(9)2(1-11)12-6(3)8. The molecule has 0 unspecified atom stereocenters. The van der Waals surface area contributed by atoms with E-state index in [1.807, 2.05) is 0 Å². The van der Waals surface area contributed by atoms with Crippen molar-refractivity contribution in [2.75, 3.05) is 0 Å². The van der Waals surface area contributed by atoms with Gasteiger partial charge < -0.3 is 0 Å². The summed E-state index contributed by atoms with van der Waals surface area (Å²) in [6.45, 7) is 0. The molecule has 1 rings (SSSR count). The summed E-state index contributed by atoms with van der Waals surface area (Å²) in [4.78, 5) is 3.21. The second kappa shape index (κ2) is 3.21. The largest absolute Gasteiger partial charge is 0.220 e. The fourth-order valence-electron chi connectivity index (χ4n) is 0.561. The van der Waals surface area contributed by atoms with Crippen LogP contribution in [-0.2, 0) is 0 Å². The monoisotopic (exact) mass is 208 g/mol. The number of aromatic nitrogens is 1. The summed E-state index contributed by atoms with van der Waals surface area (Å²) < 4.78 is 25.3. The molecule has 0 saturated heterocycles. The Bertz CT molecular complexity index is 373. The highest BCUT2D eigenvalue weighted by molar-refractivity contribution is 6.41. The molecule has 12 heavy (non-hydrogen) atoms. The minimum atomic E-state index is -1.38. The Balaban J connectivity index is 3.52. The van der Waals surface area contributed by atoms with E-state index in [9.17, 15) is 8.78 Å². The molecule has 0 amide bonds. The van der Waals surface area contributed by atoms with Gasteiger partial charge in [0.05, 0.1) is 0 Å². The van der Waals surface area contributed by atoms with E-state index < -0.39 is 27.5 Å². The summed E-state index contributed by atoms with van der Waals surface area (Å²) >= 11 is 10.5. The minimum Gasteiger partial charge on any atom is -0.220 e. The molecule has 0 aliphatic carbocycles. The van der Waals surface area contributed by atoms with E-state index in [0.717, 1.165) is 0 Å². The van der Waals surface area contributed by atoms with Crippen LogP contribution in [0.4, 0.5) is 8.78 Å². The van der Waals surface area contributed by atoms with E-state index in [-0.39, 0.29) is 0 Å². The number of hydrogen-bond donors (Lipinski definition) is 0. The minimum absolute atomic E-state index is 0.424. The van der Waals surface area contributed by atoms with Crippen LogP contribution in [0.25, 0.3) is 0 Å². The first kappa shape index (κ1) is 9.17. The first-order valence-corrected chi connectivity index (χ1v) is 3.43. The Kier molecular flexibility index (Phi) is 2.46. The van der Waals surface area contributed by atoms with Gasteiger partial charge in [-0.15, -0.1) is 0 Å². The molecular formula is C6Cl2F2N2. The lowest BCUT2D eigenvalue weighted by atomic mass is 10.3. The Labute approximate surface area is 76.3 Å². The van der Waals surface area contributed by atoms with Gasteiger partial charge in [-0.3, -0.25) is 0 Å². The van der Waals surface area contributed by atoms with Crippen molar-refractivity contribution in [3.63, 3.8) is 0 Å². The maximum Gasteiger partial charge on any atom is 0.196 e. The van der Waals surface area contributed by atoms with Gasteiger partial charge >= 0.3 is 0 Å². The Morgan fingerprint density at radius 2 is 1.83 bits per heavy atom. The summed E-state index contributed by atoms with van der Waals surface area (Å²) in [5.41, 5.74) is -0.707.